The molecule has 1 N–H and O–H groups in total. The first kappa shape index (κ1) is 16.1. The van der Waals surface area contributed by atoms with Crippen molar-refractivity contribution in [3.05, 3.63) is 41.4 Å². The summed E-state index contributed by atoms with van der Waals surface area (Å²) < 4.78 is 7.92. The molecule has 0 radical (unpaired) electrons. The number of hydrogen-bond acceptors (Lipinski definition) is 4. The van der Waals surface area contributed by atoms with E-state index in [4.69, 9.17) is 4.42 Å². The minimum Gasteiger partial charge on any atom is -0.461 e. The lowest BCUT2D eigenvalue weighted by molar-refractivity contribution is -0.116. The molecular formula is C19H24N4O2. The summed E-state index contributed by atoms with van der Waals surface area (Å²) in [5.41, 5.74) is 0. The van der Waals surface area contributed by atoms with Gasteiger partial charge < -0.3 is 14.3 Å². The van der Waals surface area contributed by atoms with Crippen LogP contribution in [0.5, 0.6) is 0 Å². The smallest absolute Gasteiger partial charge is 0.244 e. The van der Waals surface area contributed by atoms with Gasteiger partial charge >= 0.3 is 0 Å². The third kappa shape index (κ3) is 3.67. The molecular weight excluding hydrogens is 316 g/mol. The van der Waals surface area contributed by atoms with Crippen molar-refractivity contribution in [2.75, 3.05) is 0 Å². The minimum atomic E-state index is -0.149. The summed E-state index contributed by atoms with van der Waals surface area (Å²) >= 11 is 0. The molecule has 2 aliphatic rings. The summed E-state index contributed by atoms with van der Waals surface area (Å²) in [6.07, 6.45) is 8.93. The van der Waals surface area contributed by atoms with Gasteiger partial charge in [0.2, 0.25) is 5.91 Å². The van der Waals surface area contributed by atoms with Crippen molar-refractivity contribution in [3.63, 3.8) is 0 Å². The Bertz CT molecular complexity index is 789. The molecule has 1 aliphatic heterocycles. The van der Waals surface area contributed by atoms with Crippen LogP contribution in [0.1, 0.15) is 61.7 Å². The van der Waals surface area contributed by atoms with Gasteiger partial charge in [-0.15, -0.1) is 10.2 Å². The monoisotopic (exact) mass is 340 g/mol. The average molecular weight is 340 g/mol. The molecule has 1 amide bonds. The Labute approximate surface area is 147 Å². The van der Waals surface area contributed by atoms with Crippen LogP contribution in [-0.4, -0.2) is 20.7 Å². The molecule has 2 atom stereocenters. The van der Waals surface area contributed by atoms with Crippen LogP contribution in [0.25, 0.3) is 6.08 Å². The van der Waals surface area contributed by atoms with Crippen molar-refractivity contribution < 1.29 is 9.21 Å². The van der Waals surface area contributed by atoms with Crippen LogP contribution in [0.4, 0.5) is 0 Å². The molecule has 25 heavy (non-hydrogen) atoms. The van der Waals surface area contributed by atoms with Crippen molar-refractivity contribution in [1.82, 2.24) is 20.1 Å². The lowest BCUT2D eigenvalue weighted by atomic mass is 10.2. The van der Waals surface area contributed by atoms with Crippen LogP contribution < -0.4 is 5.32 Å². The summed E-state index contributed by atoms with van der Waals surface area (Å²) in [7, 11) is 0. The number of nitrogens with zero attached hydrogens (tertiary/aromatic N) is 3. The van der Waals surface area contributed by atoms with E-state index >= 15 is 0 Å². The summed E-state index contributed by atoms with van der Waals surface area (Å²) in [5.74, 6) is 4.74. The van der Waals surface area contributed by atoms with E-state index in [9.17, 15) is 4.79 Å². The molecule has 2 unspecified atom stereocenters. The first-order valence-corrected chi connectivity index (χ1v) is 9.17. The van der Waals surface area contributed by atoms with Crippen LogP contribution in [0.3, 0.4) is 0 Å². The second-order valence-electron chi connectivity index (χ2n) is 7.11. The third-order valence-electron chi connectivity index (χ3n) is 5.13. The predicted octanol–water partition coefficient (Wildman–Crippen LogP) is 3.05. The highest BCUT2D eigenvalue weighted by molar-refractivity contribution is 5.91. The van der Waals surface area contributed by atoms with Crippen LogP contribution in [0.15, 0.2) is 22.6 Å². The minimum absolute atomic E-state index is 0.149. The maximum absolute atomic E-state index is 12.1. The van der Waals surface area contributed by atoms with Gasteiger partial charge in [-0.2, -0.15) is 0 Å². The highest BCUT2D eigenvalue weighted by Gasteiger charge is 2.36. The number of nitrogens with one attached hydrogen (secondary N) is 1. The van der Waals surface area contributed by atoms with Gasteiger partial charge in [0.05, 0.1) is 6.54 Å². The molecule has 3 heterocycles. The number of carbonyl (C=O) groups is 1. The molecule has 0 saturated heterocycles. The van der Waals surface area contributed by atoms with Gasteiger partial charge in [-0.05, 0) is 43.4 Å². The standard InChI is InChI=1S/C19H24N4O2/c1-13-11-15(13)16-8-6-14(25-16)7-9-19(24)20-12-18-22-21-17-5-3-2-4-10-23(17)18/h6-9,13,15H,2-5,10-12H2,1H3,(H,20,24). The molecule has 0 aromatic carbocycles. The highest BCUT2D eigenvalue weighted by Crippen LogP contribution is 2.47. The molecule has 0 bridgehead atoms. The predicted molar refractivity (Wildman–Crippen MR) is 93.7 cm³/mol. The molecule has 1 fully saturated rings. The SMILES string of the molecule is CC1CC1c1ccc(C=CC(=O)NCc2nnc3n2CCCCC3)o1. The van der Waals surface area contributed by atoms with Crippen molar-refractivity contribution in [2.45, 2.75) is 58.0 Å². The van der Waals surface area contributed by atoms with E-state index in [1.165, 1.54) is 18.9 Å². The largest absolute Gasteiger partial charge is 0.461 e. The zero-order valence-corrected chi connectivity index (χ0v) is 14.6. The van der Waals surface area contributed by atoms with Gasteiger partial charge in [0.15, 0.2) is 5.82 Å². The number of aromatic nitrogens is 3. The van der Waals surface area contributed by atoms with E-state index in [0.717, 1.165) is 49.0 Å². The number of carbonyl (C=O) groups excluding carboxylic acids is 1. The van der Waals surface area contributed by atoms with Crippen LogP contribution in [0, 0.1) is 5.92 Å². The molecule has 1 aliphatic carbocycles. The Hall–Kier alpha value is -2.37. The number of fused-ring (bicyclic) bond motifs is 1. The first-order valence-electron chi connectivity index (χ1n) is 9.17. The van der Waals surface area contributed by atoms with Crippen LogP contribution >= 0.6 is 0 Å². The molecule has 1 saturated carbocycles. The zero-order chi connectivity index (χ0) is 17.2. The Balaban J connectivity index is 1.32. The molecule has 6 heteroatoms. The lowest BCUT2D eigenvalue weighted by Crippen LogP contribution is -2.23. The van der Waals surface area contributed by atoms with E-state index in [1.54, 1.807) is 6.08 Å². The topological polar surface area (TPSA) is 73.0 Å². The van der Waals surface area contributed by atoms with Gasteiger partial charge in [0.1, 0.15) is 17.3 Å². The normalized spacial score (nSPS) is 22.6. The van der Waals surface area contributed by atoms with Gasteiger partial charge in [0, 0.05) is 25.0 Å². The molecule has 0 spiro atoms. The van der Waals surface area contributed by atoms with E-state index in [2.05, 4.69) is 27.0 Å². The van der Waals surface area contributed by atoms with Crippen LogP contribution in [-0.2, 0) is 24.3 Å². The molecule has 2 aromatic rings. The van der Waals surface area contributed by atoms with E-state index in [-0.39, 0.29) is 5.91 Å². The van der Waals surface area contributed by atoms with Gasteiger partial charge in [-0.25, -0.2) is 0 Å². The number of rotatable bonds is 5. The summed E-state index contributed by atoms with van der Waals surface area (Å²) in [6.45, 7) is 3.57. The fourth-order valence-corrected chi connectivity index (χ4v) is 3.43. The summed E-state index contributed by atoms with van der Waals surface area (Å²) in [5, 5.41) is 11.4. The summed E-state index contributed by atoms with van der Waals surface area (Å²) in [4.78, 5) is 12.1. The molecule has 2 aromatic heterocycles. The van der Waals surface area contributed by atoms with Crippen molar-refractivity contribution >= 4 is 12.0 Å². The number of aryl methyl sites for hydroxylation is 1. The third-order valence-corrected chi connectivity index (χ3v) is 5.13. The lowest BCUT2D eigenvalue weighted by Gasteiger charge is -2.06. The Kier molecular flexibility index (Phi) is 4.42. The van der Waals surface area contributed by atoms with E-state index < -0.39 is 0 Å². The first-order chi connectivity index (χ1) is 12.2. The van der Waals surface area contributed by atoms with Gasteiger partial charge in [-0.3, -0.25) is 4.79 Å². The van der Waals surface area contributed by atoms with Crippen molar-refractivity contribution in [3.8, 4) is 0 Å². The number of furan rings is 1. The second kappa shape index (κ2) is 6.86. The zero-order valence-electron chi connectivity index (χ0n) is 14.6. The number of amides is 1. The summed E-state index contributed by atoms with van der Waals surface area (Å²) in [6, 6.07) is 3.93. The van der Waals surface area contributed by atoms with E-state index in [1.807, 2.05) is 12.1 Å². The molecule has 6 nitrogen and oxygen atoms in total. The van der Waals surface area contributed by atoms with Crippen molar-refractivity contribution in [2.24, 2.45) is 5.92 Å². The molecule has 132 valence electrons. The highest BCUT2D eigenvalue weighted by atomic mass is 16.3. The second-order valence-corrected chi connectivity index (χ2v) is 7.11. The quantitative estimate of drug-likeness (QED) is 0.849. The number of hydrogen-bond donors (Lipinski definition) is 1. The van der Waals surface area contributed by atoms with Crippen LogP contribution in [0.2, 0.25) is 0 Å². The average Bonchev–Trinajstić information content (AvgIpc) is 3.06. The maximum Gasteiger partial charge on any atom is 0.244 e. The fourth-order valence-electron chi connectivity index (χ4n) is 3.43. The van der Waals surface area contributed by atoms with E-state index in [0.29, 0.717) is 18.4 Å². The van der Waals surface area contributed by atoms with Gasteiger partial charge in [0.25, 0.3) is 0 Å². The Morgan fingerprint density at radius 2 is 2.24 bits per heavy atom. The van der Waals surface area contributed by atoms with Gasteiger partial charge in [-0.1, -0.05) is 13.3 Å². The maximum atomic E-state index is 12.1. The van der Waals surface area contributed by atoms with Crippen molar-refractivity contribution in [1.29, 1.82) is 0 Å². The Morgan fingerprint density at radius 1 is 1.36 bits per heavy atom. The Morgan fingerprint density at radius 3 is 3.08 bits per heavy atom. The molecule has 4 rings (SSSR count). The fraction of sp³-hybridized carbons (Fsp3) is 0.526.